The zero-order valence-corrected chi connectivity index (χ0v) is 11.0. The van der Waals surface area contributed by atoms with Crippen molar-refractivity contribution in [3.05, 3.63) is 17.9 Å². The van der Waals surface area contributed by atoms with Crippen molar-refractivity contribution in [2.24, 2.45) is 10.6 Å². The molecule has 1 aromatic heterocycles. The highest BCUT2D eigenvalue weighted by Gasteiger charge is 2.63. The van der Waals surface area contributed by atoms with Gasteiger partial charge in [0.1, 0.15) is 23.9 Å². The van der Waals surface area contributed by atoms with Gasteiger partial charge in [-0.2, -0.15) is 10.2 Å². The number of hydrogen-bond acceptors (Lipinski definition) is 8. The quantitative estimate of drug-likeness (QED) is 0.397. The molecule has 114 valence electrons. The van der Waals surface area contributed by atoms with E-state index in [1.807, 2.05) is 0 Å². The minimum absolute atomic E-state index is 0.0323. The summed E-state index contributed by atoms with van der Waals surface area (Å²) in [5, 5.41) is 40.2. The van der Waals surface area contributed by atoms with E-state index >= 15 is 0 Å². The smallest absolute Gasteiger partial charge is 0.270 e. The van der Waals surface area contributed by atoms with E-state index in [9.17, 15) is 14.8 Å². The van der Waals surface area contributed by atoms with Gasteiger partial charge in [0.25, 0.3) is 11.5 Å². The third kappa shape index (κ3) is 2.11. The maximum atomic E-state index is 14.3. The summed E-state index contributed by atoms with van der Waals surface area (Å²) in [5.41, 5.74) is 3.36. The number of anilines is 1. The number of nitriles is 1. The molecule has 0 radical (unpaired) electrons. The third-order valence-electron chi connectivity index (χ3n) is 3.46. The SMILES string of the molecule is C[C@]1(C#N)[C@H](n2ccc(N)n/c2=N\O)O[C@](F)(CO)[C@H]1O. The van der Waals surface area contributed by atoms with Crippen LogP contribution in [0.3, 0.4) is 0 Å². The first kappa shape index (κ1) is 15.2. The van der Waals surface area contributed by atoms with Crippen molar-refractivity contribution in [2.45, 2.75) is 25.1 Å². The number of alkyl halides is 1. The van der Waals surface area contributed by atoms with Crippen LogP contribution in [0.5, 0.6) is 0 Å². The molecule has 0 saturated carbocycles. The molecule has 0 aliphatic carbocycles. The van der Waals surface area contributed by atoms with E-state index in [1.54, 1.807) is 6.07 Å². The van der Waals surface area contributed by atoms with Gasteiger partial charge in [0.15, 0.2) is 6.23 Å². The molecule has 21 heavy (non-hydrogen) atoms. The second kappa shape index (κ2) is 4.96. The van der Waals surface area contributed by atoms with Crippen LogP contribution in [0.15, 0.2) is 17.4 Å². The Hall–Kier alpha value is -2.22. The fourth-order valence-electron chi connectivity index (χ4n) is 2.23. The second-order valence-corrected chi connectivity index (χ2v) is 4.87. The molecule has 0 amide bonds. The molecule has 0 aromatic carbocycles. The first-order valence-electron chi connectivity index (χ1n) is 5.92. The molecular weight excluding hydrogens is 285 g/mol. The fourth-order valence-corrected chi connectivity index (χ4v) is 2.23. The van der Waals surface area contributed by atoms with Crippen molar-refractivity contribution >= 4 is 5.82 Å². The van der Waals surface area contributed by atoms with E-state index in [0.717, 1.165) is 4.57 Å². The average Bonchev–Trinajstić information content (AvgIpc) is 2.70. The van der Waals surface area contributed by atoms with E-state index in [-0.39, 0.29) is 11.4 Å². The number of hydrogen-bond donors (Lipinski definition) is 4. The van der Waals surface area contributed by atoms with Crippen molar-refractivity contribution < 1.29 is 24.5 Å². The maximum Gasteiger partial charge on any atom is 0.270 e. The van der Waals surface area contributed by atoms with Crippen LogP contribution in [0.1, 0.15) is 13.2 Å². The molecule has 2 rings (SSSR count). The highest BCUT2D eigenvalue weighted by molar-refractivity contribution is 5.24. The van der Waals surface area contributed by atoms with E-state index in [0.29, 0.717) is 0 Å². The van der Waals surface area contributed by atoms with Crippen LogP contribution in [0.25, 0.3) is 0 Å². The van der Waals surface area contributed by atoms with Gasteiger partial charge in [-0.05, 0) is 18.1 Å². The summed E-state index contributed by atoms with van der Waals surface area (Å²) in [5.74, 6) is -2.79. The van der Waals surface area contributed by atoms with Crippen LogP contribution >= 0.6 is 0 Å². The Morgan fingerprint density at radius 1 is 1.71 bits per heavy atom. The molecule has 5 N–H and O–H groups in total. The third-order valence-corrected chi connectivity index (χ3v) is 3.46. The lowest BCUT2D eigenvalue weighted by Crippen LogP contribution is -2.44. The summed E-state index contributed by atoms with van der Waals surface area (Å²) in [6.45, 7) is 0.111. The monoisotopic (exact) mass is 299 g/mol. The van der Waals surface area contributed by atoms with E-state index in [4.69, 9.17) is 20.8 Å². The van der Waals surface area contributed by atoms with Crippen molar-refractivity contribution in [3.8, 4) is 6.07 Å². The van der Waals surface area contributed by atoms with Gasteiger partial charge in [0, 0.05) is 6.20 Å². The molecular formula is C11H14FN5O4. The minimum atomic E-state index is -2.82. The highest BCUT2D eigenvalue weighted by Crippen LogP contribution is 2.49. The number of aliphatic hydroxyl groups is 2. The maximum absolute atomic E-state index is 14.3. The summed E-state index contributed by atoms with van der Waals surface area (Å²) >= 11 is 0. The number of halogens is 1. The molecule has 1 aromatic rings. The highest BCUT2D eigenvalue weighted by atomic mass is 19.2. The van der Waals surface area contributed by atoms with Crippen molar-refractivity contribution in [2.75, 3.05) is 12.3 Å². The first-order valence-corrected chi connectivity index (χ1v) is 5.92. The first-order chi connectivity index (χ1) is 9.82. The van der Waals surface area contributed by atoms with E-state index in [1.165, 1.54) is 19.2 Å². The minimum Gasteiger partial charge on any atom is -0.408 e. The largest absolute Gasteiger partial charge is 0.408 e. The Balaban J connectivity index is 2.62. The topological polar surface area (TPSA) is 150 Å². The average molecular weight is 299 g/mol. The normalized spacial score (nSPS) is 36.6. The van der Waals surface area contributed by atoms with Gasteiger partial charge in [0.05, 0.1) is 6.07 Å². The molecule has 1 aliphatic rings. The Kier molecular flexibility index (Phi) is 3.58. The van der Waals surface area contributed by atoms with Crippen molar-refractivity contribution in [1.29, 1.82) is 5.26 Å². The summed E-state index contributed by atoms with van der Waals surface area (Å²) in [6.07, 6.45) is -2.02. The second-order valence-electron chi connectivity index (χ2n) is 4.87. The van der Waals surface area contributed by atoms with Gasteiger partial charge >= 0.3 is 0 Å². The molecule has 4 atom stereocenters. The van der Waals surface area contributed by atoms with Crippen molar-refractivity contribution in [1.82, 2.24) is 9.55 Å². The molecule has 0 bridgehead atoms. The van der Waals surface area contributed by atoms with E-state index < -0.39 is 30.2 Å². The van der Waals surface area contributed by atoms with E-state index in [2.05, 4.69) is 10.1 Å². The molecule has 1 fully saturated rings. The molecule has 9 nitrogen and oxygen atoms in total. The van der Waals surface area contributed by atoms with Gasteiger partial charge in [-0.1, -0.05) is 0 Å². The van der Waals surface area contributed by atoms with Gasteiger partial charge in [-0.25, -0.2) is 4.39 Å². The number of ether oxygens (including phenoxy) is 1. The summed E-state index contributed by atoms with van der Waals surface area (Å²) in [7, 11) is 0. The molecule has 0 spiro atoms. The van der Waals surface area contributed by atoms with Crippen LogP contribution in [0, 0.1) is 16.7 Å². The Morgan fingerprint density at radius 2 is 2.38 bits per heavy atom. The number of aromatic nitrogens is 2. The lowest BCUT2D eigenvalue weighted by atomic mass is 9.83. The molecule has 1 saturated heterocycles. The zero-order chi connectivity index (χ0) is 15.8. The summed E-state index contributed by atoms with van der Waals surface area (Å²) < 4.78 is 20.4. The number of aliphatic hydroxyl groups excluding tert-OH is 2. The number of rotatable bonds is 2. The Labute approximate surface area is 118 Å². The fraction of sp³-hybridized carbons (Fsp3) is 0.545. The van der Waals surface area contributed by atoms with Gasteiger partial charge < -0.3 is 25.9 Å². The molecule has 10 heteroatoms. The van der Waals surface area contributed by atoms with Crippen LogP contribution in [0.4, 0.5) is 10.2 Å². The predicted octanol–water partition coefficient (Wildman–Crippen LogP) is -1.17. The standard InChI is InChI=1S/C11H14FN5O4/c1-10(4-13)7(19)11(12,5-18)21-8(10)17-3-2-6(14)15-9(17)16-20/h2-3,7-8,18-20H,5H2,1H3,(H2,14,15,16)/t7-,8+,10+,11+/m0/s1. The summed E-state index contributed by atoms with van der Waals surface area (Å²) in [4.78, 5) is 3.70. The predicted molar refractivity (Wildman–Crippen MR) is 64.8 cm³/mol. The van der Waals surface area contributed by atoms with Crippen LogP contribution in [-0.4, -0.2) is 43.5 Å². The Morgan fingerprint density at radius 3 is 2.90 bits per heavy atom. The molecule has 0 unspecified atom stereocenters. The Bertz CT molecular complexity index is 659. The van der Waals surface area contributed by atoms with Crippen LogP contribution in [-0.2, 0) is 4.74 Å². The summed E-state index contributed by atoms with van der Waals surface area (Å²) in [6, 6.07) is 3.08. The molecule has 2 heterocycles. The van der Waals surface area contributed by atoms with Crippen molar-refractivity contribution in [3.63, 3.8) is 0 Å². The van der Waals surface area contributed by atoms with Crippen LogP contribution in [0.2, 0.25) is 0 Å². The van der Waals surface area contributed by atoms with Gasteiger partial charge in [-0.15, -0.1) is 0 Å². The van der Waals surface area contributed by atoms with Gasteiger partial charge in [-0.3, -0.25) is 4.57 Å². The number of nitrogen functional groups attached to an aromatic ring is 1. The zero-order valence-electron chi connectivity index (χ0n) is 11.0. The lowest BCUT2D eigenvalue weighted by Gasteiger charge is -2.26. The van der Waals surface area contributed by atoms with Gasteiger partial charge in [0.2, 0.25) is 0 Å². The number of nitrogens with zero attached hydrogens (tertiary/aromatic N) is 4. The lowest BCUT2D eigenvalue weighted by molar-refractivity contribution is -0.207. The molecule has 1 aliphatic heterocycles. The van der Waals surface area contributed by atoms with Crippen LogP contribution < -0.4 is 11.4 Å². The number of nitrogens with two attached hydrogens (primary N) is 1.